The van der Waals surface area contributed by atoms with Crippen LogP contribution in [0.25, 0.3) is 0 Å². The van der Waals surface area contributed by atoms with Gasteiger partial charge in [0.1, 0.15) is 17.2 Å². The van der Waals surface area contributed by atoms with Gasteiger partial charge in [-0.15, -0.1) is 0 Å². The summed E-state index contributed by atoms with van der Waals surface area (Å²) in [7, 11) is -1.69. The second-order valence-electron chi connectivity index (χ2n) is 14.0. The zero-order valence-electron chi connectivity index (χ0n) is 31.6. The molecule has 0 radical (unpaired) electrons. The maximum absolute atomic E-state index is 6.46. The van der Waals surface area contributed by atoms with Crippen molar-refractivity contribution in [3.8, 4) is 17.2 Å². The van der Waals surface area contributed by atoms with Crippen molar-refractivity contribution in [1.29, 1.82) is 0 Å². The van der Waals surface area contributed by atoms with Crippen LogP contribution in [0.2, 0.25) is 0 Å². The first kappa shape index (κ1) is 40.9. The molecule has 4 heteroatoms. The summed E-state index contributed by atoms with van der Waals surface area (Å²) < 4.78 is 19.3. The van der Waals surface area contributed by atoms with E-state index in [1.54, 1.807) is 0 Å². The molecule has 272 valence electrons. The van der Waals surface area contributed by atoms with Gasteiger partial charge in [-0.25, -0.2) is 0 Å². The molecule has 0 heterocycles. The lowest BCUT2D eigenvalue weighted by Gasteiger charge is -2.19. The molecule has 3 aromatic carbocycles. The lowest BCUT2D eigenvalue weighted by Crippen LogP contribution is -2.03. The lowest BCUT2D eigenvalue weighted by molar-refractivity contribution is 0.388. The van der Waals surface area contributed by atoms with Crippen molar-refractivity contribution in [2.24, 2.45) is 0 Å². The van der Waals surface area contributed by atoms with E-state index < -0.39 is 8.60 Å². The van der Waals surface area contributed by atoms with Crippen LogP contribution in [0.1, 0.15) is 172 Å². The number of rotatable bonds is 30. The summed E-state index contributed by atoms with van der Waals surface area (Å²) in [6, 6.07) is 25.6. The Balaban J connectivity index is 1.56. The molecular formula is C45H69O3P. The van der Waals surface area contributed by atoms with Gasteiger partial charge in [0.25, 0.3) is 0 Å². The summed E-state index contributed by atoms with van der Waals surface area (Å²) in [5.74, 6) is 2.37. The maximum Gasteiger partial charge on any atom is 0.530 e. The largest absolute Gasteiger partial charge is 0.530 e. The Bertz CT molecular complexity index is 1130. The molecule has 0 bridgehead atoms. The van der Waals surface area contributed by atoms with E-state index in [0.717, 1.165) is 36.5 Å². The molecule has 0 saturated heterocycles. The zero-order chi connectivity index (χ0) is 34.6. The van der Waals surface area contributed by atoms with Crippen molar-refractivity contribution >= 4 is 8.60 Å². The van der Waals surface area contributed by atoms with E-state index in [0.29, 0.717) is 0 Å². The quantitative estimate of drug-likeness (QED) is 0.0515. The van der Waals surface area contributed by atoms with E-state index in [1.807, 2.05) is 6.07 Å². The summed E-state index contributed by atoms with van der Waals surface area (Å²) in [5.41, 5.74) is 4.04. The highest BCUT2D eigenvalue weighted by Crippen LogP contribution is 2.42. The molecule has 0 aliphatic rings. The lowest BCUT2D eigenvalue weighted by atomic mass is 10.0. The Morgan fingerprint density at radius 2 is 0.694 bits per heavy atom. The highest BCUT2D eigenvalue weighted by atomic mass is 31.2. The zero-order valence-corrected chi connectivity index (χ0v) is 32.5. The molecule has 0 aliphatic heterocycles. The summed E-state index contributed by atoms with van der Waals surface area (Å²) in [4.78, 5) is 0. The summed E-state index contributed by atoms with van der Waals surface area (Å²) >= 11 is 0. The van der Waals surface area contributed by atoms with Gasteiger partial charge in [-0.1, -0.05) is 173 Å². The fourth-order valence-corrected chi connectivity index (χ4v) is 7.35. The van der Waals surface area contributed by atoms with E-state index >= 15 is 0 Å². The number of aryl methyl sites for hydroxylation is 3. The number of hydrogen-bond donors (Lipinski definition) is 0. The van der Waals surface area contributed by atoms with Crippen LogP contribution < -0.4 is 13.6 Å². The first-order valence-electron chi connectivity index (χ1n) is 20.3. The molecule has 0 fully saturated rings. The monoisotopic (exact) mass is 688 g/mol. The molecule has 49 heavy (non-hydrogen) atoms. The van der Waals surface area contributed by atoms with Crippen LogP contribution in [0.3, 0.4) is 0 Å². The second kappa shape index (κ2) is 27.2. The summed E-state index contributed by atoms with van der Waals surface area (Å²) in [6.07, 6.45) is 31.2. The van der Waals surface area contributed by atoms with Crippen LogP contribution >= 0.6 is 8.60 Å². The van der Waals surface area contributed by atoms with Gasteiger partial charge >= 0.3 is 8.60 Å². The number of benzene rings is 3. The third-order valence-electron chi connectivity index (χ3n) is 9.49. The molecule has 0 N–H and O–H groups in total. The fourth-order valence-electron chi connectivity index (χ4n) is 6.36. The minimum absolute atomic E-state index is 0.782. The van der Waals surface area contributed by atoms with E-state index in [1.165, 1.54) is 152 Å². The molecule has 3 nitrogen and oxygen atoms in total. The Labute approximate surface area is 302 Å². The number of unbranched alkanes of at least 4 members (excludes halogenated alkanes) is 18. The fraction of sp³-hybridized carbons (Fsp3) is 0.600. The normalized spacial score (nSPS) is 11.3. The molecule has 3 aromatic rings. The first-order chi connectivity index (χ1) is 24.2. The van der Waals surface area contributed by atoms with Gasteiger partial charge < -0.3 is 13.6 Å². The van der Waals surface area contributed by atoms with E-state index in [2.05, 4.69) is 87.5 Å². The average Bonchev–Trinajstić information content (AvgIpc) is 3.12. The van der Waals surface area contributed by atoms with Crippen molar-refractivity contribution in [2.45, 2.75) is 175 Å². The third kappa shape index (κ3) is 19.5. The van der Waals surface area contributed by atoms with Gasteiger partial charge in [-0.3, -0.25) is 0 Å². The molecule has 0 unspecified atom stereocenters. The minimum Gasteiger partial charge on any atom is -0.409 e. The van der Waals surface area contributed by atoms with Gasteiger partial charge in [0, 0.05) is 0 Å². The number of hydrogen-bond acceptors (Lipinski definition) is 3. The Hall–Kier alpha value is -2.51. The predicted molar refractivity (Wildman–Crippen MR) is 213 cm³/mol. The van der Waals surface area contributed by atoms with E-state index in [9.17, 15) is 0 Å². The highest BCUT2D eigenvalue weighted by molar-refractivity contribution is 7.43. The summed E-state index contributed by atoms with van der Waals surface area (Å²) in [5, 5.41) is 0. The van der Waals surface area contributed by atoms with Gasteiger partial charge in [0.05, 0.1) is 0 Å². The standard InChI is InChI=1S/C45H69O3P/c1-4-7-10-13-16-19-22-26-40-31-35-43(36-32-40)46-49(47-44-37-33-41(34-38-44)27-23-20-17-14-11-8-5-2)48-45-30-25-29-42(39-45)28-24-21-18-15-12-9-6-3/h25,29-39H,4-24,26-28H2,1-3H3. The second-order valence-corrected chi connectivity index (χ2v) is 15.0. The van der Waals surface area contributed by atoms with E-state index in [-0.39, 0.29) is 0 Å². The van der Waals surface area contributed by atoms with Crippen LogP contribution in [0.4, 0.5) is 0 Å². The molecular weight excluding hydrogens is 619 g/mol. The molecule has 0 aromatic heterocycles. The van der Waals surface area contributed by atoms with Crippen molar-refractivity contribution in [3.63, 3.8) is 0 Å². The van der Waals surface area contributed by atoms with Crippen molar-refractivity contribution in [3.05, 3.63) is 89.5 Å². The predicted octanol–water partition coefficient (Wildman–Crippen LogP) is 15.3. The van der Waals surface area contributed by atoms with Crippen molar-refractivity contribution in [1.82, 2.24) is 0 Å². The summed E-state index contributed by atoms with van der Waals surface area (Å²) in [6.45, 7) is 6.83. The van der Waals surface area contributed by atoms with Crippen molar-refractivity contribution in [2.75, 3.05) is 0 Å². The average molecular weight is 689 g/mol. The molecule has 0 saturated carbocycles. The van der Waals surface area contributed by atoms with Gasteiger partial charge in [-0.2, -0.15) is 0 Å². The highest BCUT2D eigenvalue weighted by Gasteiger charge is 2.20. The molecule has 0 aliphatic carbocycles. The van der Waals surface area contributed by atoms with Crippen molar-refractivity contribution < 1.29 is 13.6 Å². The van der Waals surface area contributed by atoms with Crippen LogP contribution in [0.15, 0.2) is 72.8 Å². The topological polar surface area (TPSA) is 27.7 Å². The van der Waals surface area contributed by atoms with Crippen LogP contribution in [-0.2, 0) is 19.3 Å². The molecule has 3 rings (SSSR count). The Morgan fingerprint density at radius 3 is 1.10 bits per heavy atom. The van der Waals surface area contributed by atoms with Gasteiger partial charge in [-0.05, 0) is 91.6 Å². The van der Waals surface area contributed by atoms with Crippen LogP contribution in [-0.4, -0.2) is 0 Å². The Kier molecular flexibility index (Phi) is 22.7. The first-order valence-corrected chi connectivity index (χ1v) is 21.4. The molecule has 0 spiro atoms. The smallest absolute Gasteiger partial charge is 0.409 e. The minimum atomic E-state index is -1.69. The van der Waals surface area contributed by atoms with Crippen LogP contribution in [0.5, 0.6) is 17.2 Å². The van der Waals surface area contributed by atoms with Gasteiger partial charge in [0.2, 0.25) is 0 Å². The van der Waals surface area contributed by atoms with E-state index in [4.69, 9.17) is 13.6 Å². The third-order valence-corrected chi connectivity index (χ3v) is 10.6. The molecule has 0 atom stereocenters. The van der Waals surface area contributed by atoms with Gasteiger partial charge in [0.15, 0.2) is 0 Å². The Morgan fingerprint density at radius 1 is 0.347 bits per heavy atom. The SMILES string of the molecule is CCCCCCCCCc1ccc(OP(Oc2ccc(CCCCCCCCC)cc2)Oc2cccc(CCCCCCCCC)c2)cc1. The van der Waals surface area contributed by atoms with Crippen LogP contribution in [0, 0.1) is 0 Å². The molecule has 0 amide bonds. The maximum atomic E-state index is 6.46.